The highest BCUT2D eigenvalue weighted by atomic mass is 32.2. The van der Waals surface area contributed by atoms with Crippen LogP contribution in [0.1, 0.15) is 13.3 Å². The Bertz CT molecular complexity index is 571. The predicted octanol–water partition coefficient (Wildman–Crippen LogP) is 0.507. The highest BCUT2D eigenvalue weighted by Crippen LogP contribution is 2.31. The molecule has 0 saturated carbocycles. The van der Waals surface area contributed by atoms with E-state index in [1.54, 1.807) is 12.1 Å². The van der Waals surface area contributed by atoms with Crippen molar-refractivity contribution in [2.24, 2.45) is 11.1 Å². The molecule has 2 heterocycles. The standard InChI is InChI=1S/C13H22N4O2S/c1-13(9-14)6-7-17(10-13)12-5-4-11(8-15-12)20(18,19)16(2)3/h4-5,8H,6-7,9-10,14H2,1-3H3. The molecule has 0 aliphatic carbocycles. The summed E-state index contributed by atoms with van der Waals surface area (Å²) in [6, 6.07) is 3.37. The molecule has 1 aromatic rings. The molecule has 0 aromatic carbocycles. The molecule has 6 nitrogen and oxygen atoms in total. The van der Waals surface area contributed by atoms with Gasteiger partial charge >= 0.3 is 0 Å². The van der Waals surface area contributed by atoms with Gasteiger partial charge in [-0.05, 0) is 30.5 Å². The molecule has 2 N–H and O–H groups in total. The van der Waals surface area contributed by atoms with E-state index in [1.165, 1.54) is 24.6 Å². The zero-order valence-corrected chi connectivity index (χ0v) is 13.0. The highest BCUT2D eigenvalue weighted by molar-refractivity contribution is 7.89. The van der Waals surface area contributed by atoms with Crippen LogP contribution in [0.15, 0.2) is 23.2 Å². The number of sulfonamides is 1. The van der Waals surface area contributed by atoms with Gasteiger partial charge in [-0.1, -0.05) is 6.92 Å². The molecule has 1 atom stereocenters. The van der Waals surface area contributed by atoms with Crippen molar-refractivity contribution in [1.82, 2.24) is 9.29 Å². The van der Waals surface area contributed by atoms with Crippen LogP contribution in [-0.2, 0) is 10.0 Å². The Morgan fingerprint density at radius 2 is 2.15 bits per heavy atom. The Hall–Kier alpha value is -1.18. The van der Waals surface area contributed by atoms with Gasteiger partial charge in [0.1, 0.15) is 10.7 Å². The molecule has 112 valence electrons. The molecule has 2 rings (SSSR count). The maximum Gasteiger partial charge on any atom is 0.244 e. The first-order valence-corrected chi connectivity index (χ1v) is 8.06. The SMILES string of the molecule is CN(C)S(=O)(=O)c1ccc(N2CCC(C)(CN)C2)nc1. The van der Waals surface area contributed by atoms with Gasteiger partial charge in [0.25, 0.3) is 0 Å². The van der Waals surface area contributed by atoms with Crippen LogP contribution in [-0.4, -0.2) is 51.4 Å². The lowest BCUT2D eigenvalue weighted by Gasteiger charge is -2.23. The van der Waals surface area contributed by atoms with E-state index in [9.17, 15) is 8.42 Å². The maximum absolute atomic E-state index is 12.0. The van der Waals surface area contributed by atoms with E-state index in [1.807, 2.05) is 0 Å². The third-order valence-electron chi connectivity index (χ3n) is 3.87. The average molecular weight is 298 g/mol. The Balaban J connectivity index is 2.18. The molecule has 1 saturated heterocycles. The van der Waals surface area contributed by atoms with Gasteiger partial charge in [-0.2, -0.15) is 0 Å². The summed E-state index contributed by atoms with van der Waals surface area (Å²) in [5.41, 5.74) is 5.91. The number of hydrogen-bond acceptors (Lipinski definition) is 5. The summed E-state index contributed by atoms with van der Waals surface area (Å²) in [4.78, 5) is 6.66. The lowest BCUT2D eigenvalue weighted by Crippen LogP contribution is -2.31. The summed E-state index contributed by atoms with van der Waals surface area (Å²) < 4.78 is 25.1. The summed E-state index contributed by atoms with van der Waals surface area (Å²) in [6.07, 6.45) is 2.45. The molecule has 1 aromatic heterocycles. The monoisotopic (exact) mass is 298 g/mol. The minimum absolute atomic E-state index is 0.121. The van der Waals surface area contributed by atoms with Crippen LogP contribution in [0.2, 0.25) is 0 Å². The van der Waals surface area contributed by atoms with Crippen molar-refractivity contribution in [3.05, 3.63) is 18.3 Å². The van der Waals surface area contributed by atoms with Gasteiger partial charge in [0, 0.05) is 33.4 Å². The Morgan fingerprint density at radius 1 is 1.45 bits per heavy atom. The first-order valence-electron chi connectivity index (χ1n) is 6.62. The van der Waals surface area contributed by atoms with Gasteiger partial charge in [-0.15, -0.1) is 0 Å². The molecule has 20 heavy (non-hydrogen) atoms. The number of aromatic nitrogens is 1. The van der Waals surface area contributed by atoms with Crippen LogP contribution in [0.3, 0.4) is 0 Å². The van der Waals surface area contributed by atoms with E-state index in [4.69, 9.17) is 5.73 Å². The molecule has 1 fully saturated rings. The first-order chi connectivity index (χ1) is 9.28. The predicted molar refractivity (Wildman–Crippen MR) is 79.1 cm³/mol. The van der Waals surface area contributed by atoms with Crippen LogP contribution in [0.4, 0.5) is 5.82 Å². The van der Waals surface area contributed by atoms with E-state index in [-0.39, 0.29) is 10.3 Å². The van der Waals surface area contributed by atoms with E-state index in [0.29, 0.717) is 6.54 Å². The van der Waals surface area contributed by atoms with Crippen LogP contribution in [0, 0.1) is 5.41 Å². The highest BCUT2D eigenvalue weighted by Gasteiger charge is 2.33. The van der Waals surface area contributed by atoms with Crippen LogP contribution in [0.25, 0.3) is 0 Å². The summed E-state index contributed by atoms with van der Waals surface area (Å²) >= 11 is 0. The zero-order chi connectivity index (χ0) is 15.0. The second-order valence-electron chi connectivity index (χ2n) is 5.83. The number of pyridine rings is 1. The molecule has 0 spiro atoms. The summed E-state index contributed by atoms with van der Waals surface area (Å²) in [6.45, 7) is 4.57. The molecule has 0 radical (unpaired) electrons. The van der Waals surface area contributed by atoms with E-state index in [0.717, 1.165) is 25.3 Å². The number of anilines is 1. The van der Waals surface area contributed by atoms with Crippen LogP contribution in [0.5, 0.6) is 0 Å². The molecule has 0 amide bonds. The van der Waals surface area contributed by atoms with Gasteiger partial charge in [-0.25, -0.2) is 17.7 Å². The topological polar surface area (TPSA) is 79.5 Å². The first kappa shape index (κ1) is 15.2. The van der Waals surface area contributed by atoms with E-state index < -0.39 is 10.0 Å². The van der Waals surface area contributed by atoms with Gasteiger partial charge in [0.05, 0.1) is 0 Å². The summed E-state index contributed by atoms with van der Waals surface area (Å²) in [7, 11) is -0.392. The minimum atomic E-state index is -3.41. The van der Waals surface area contributed by atoms with Crippen LogP contribution < -0.4 is 10.6 Å². The van der Waals surface area contributed by atoms with Gasteiger partial charge in [0.15, 0.2) is 0 Å². The largest absolute Gasteiger partial charge is 0.356 e. The molecule has 1 unspecified atom stereocenters. The van der Waals surface area contributed by atoms with Crippen molar-refractivity contribution in [2.75, 3.05) is 38.6 Å². The summed E-state index contributed by atoms with van der Waals surface area (Å²) in [5.74, 6) is 0.805. The van der Waals surface area contributed by atoms with Crippen LogP contribution >= 0.6 is 0 Å². The number of rotatable bonds is 4. The summed E-state index contributed by atoms with van der Waals surface area (Å²) in [5, 5.41) is 0. The number of nitrogens with two attached hydrogens (primary N) is 1. The average Bonchev–Trinajstić information content (AvgIpc) is 2.82. The van der Waals surface area contributed by atoms with Gasteiger partial charge in [0.2, 0.25) is 10.0 Å². The molecule has 1 aliphatic rings. The molecule has 0 bridgehead atoms. The van der Waals surface area contributed by atoms with Gasteiger partial charge in [-0.3, -0.25) is 0 Å². The fourth-order valence-electron chi connectivity index (χ4n) is 2.31. The van der Waals surface area contributed by atoms with Crippen molar-refractivity contribution >= 4 is 15.8 Å². The smallest absolute Gasteiger partial charge is 0.244 e. The molecular formula is C13H22N4O2S. The second kappa shape index (κ2) is 5.31. The normalized spacial score (nSPS) is 23.6. The van der Waals surface area contributed by atoms with Crippen molar-refractivity contribution in [3.8, 4) is 0 Å². The Labute approximate surface area is 120 Å². The Morgan fingerprint density at radius 3 is 2.60 bits per heavy atom. The van der Waals surface area contributed by atoms with Crippen molar-refractivity contribution in [3.63, 3.8) is 0 Å². The fraction of sp³-hybridized carbons (Fsp3) is 0.615. The maximum atomic E-state index is 12.0. The van der Waals surface area contributed by atoms with E-state index >= 15 is 0 Å². The zero-order valence-electron chi connectivity index (χ0n) is 12.2. The molecule has 7 heteroatoms. The lowest BCUT2D eigenvalue weighted by atomic mass is 9.90. The fourth-order valence-corrected chi connectivity index (χ4v) is 3.16. The minimum Gasteiger partial charge on any atom is -0.356 e. The van der Waals surface area contributed by atoms with Gasteiger partial charge < -0.3 is 10.6 Å². The molecule has 1 aliphatic heterocycles. The number of nitrogens with zero attached hydrogens (tertiary/aromatic N) is 3. The quantitative estimate of drug-likeness (QED) is 0.876. The third-order valence-corrected chi connectivity index (χ3v) is 5.67. The van der Waals surface area contributed by atoms with Crippen molar-refractivity contribution in [1.29, 1.82) is 0 Å². The molecular weight excluding hydrogens is 276 g/mol. The van der Waals surface area contributed by atoms with Crippen molar-refractivity contribution in [2.45, 2.75) is 18.2 Å². The lowest BCUT2D eigenvalue weighted by molar-refractivity contribution is 0.383. The van der Waals surface area contributed by atoms with Crippen molar-refractivity contribution < 1.29 is 8.42 Å². The Kier molecular flexibility index (Phi) is 4.04. The second-order valence-corrected chi connectivity index (χ2v) is 7.98. The van der Waals surface area contributed by atoms with E-state index in [2.05, 4.69) is 16.8 Å². The number of hydrogen-bond donors (Lipinski definition) is 1. The third kappa shape index (κ3) is 2.79.